The summed E-state index contributed by atoms with van der Waals surface area (Å²) in [6, 6.07) is 21.3. The van der Waals surface area contributed by atoms with Gasteiger partial charge in [-0.25, -0.2) is 0 Å². The second kappa shape index (κ2) is 8.48. The van der Waals surface area contributed by atoms with Gasteiger partial charge in [0.2, 0.25) is 17.7 Å². The number of carbonyl (C=O) groups is 3. The maximum absolute atomic E-state index is 13.3. The van der Waals surface area contributed by atoms with Crippen molar-refractivity contribution in [1.29, 1.82) is 0 Å². The van der Waals surface area contributed by atoms with Crippen molar-refractivity contribution in [3.63, 3.8) is 0 Å². The fourth-order valence-electron chi connectivity index (χ4n) is 5.37. The van der Waals surface area contributed by atoms with Crippen LogP contribution in [0.1, 0.15) is 30.4 Å². The number of fused-ring (bicyclic) bond motifs is 5. The van der Waals surface area contributed by atoms with Gasteiger partial charge < -0.3 is 20.7 Å². The fraction of sp³-hybridized carbons (Fsp3) is 0.296. The Morgan fingerprint density at radius 1 is 1.09 bits per heavy atom. The van der Waals surface area contributed by atoms with E-state index in [2.05, 4.69) is 5.32 Å². The summed E-state index contributed by atoms with van der Waals surface area (Å²) in [5.74, 6) is -1.75. The molecule has 7 heteroatoms. The number of hydrogen-bond acceptors (Lipinski definition) is 4. The van der Waals surface area contributed by atoms with Gasteiger partial charge >= 0.3 is 0 Å². The van der Waals surface area contributed by atoms with Crippen LogP contribution >= 0.6 is 0 Å². The van der Waals surface area contributed by atoms with Crippen molar-refractivity contribution < 1.29 is 19.1 Å². The standard InChI is InChI=1S/C27H27N3O4/c1-27-16-21(20-11-4-5-12-22(20)34-27)24(25(28)32)26(33)30(27)14-13-29-23(31)15-18-9-6-8-17-7-2-3-10-19(17)18/h2-12,21,24H,13-16H2,1H3,(H2,28,32)(H,29,31)/t21-,24-,27-/m0/s1. The molecule has 0 unspecified atom stereocenters. The van der Waals surface area contributed by atoms with Gasteiger partial charge in [-0.05, 0) is 34.9 Å². The lowest BCUT2D eigenvalue weighted by atomic mass is 9.73. The Morgan fingerprint density at radius 2 is 1.82 bits per heavy atom. The molecule has 2 heterocycles. The summed E-state index contributed by atoms with van der Waals surface area (Å²) in [7, 11) is 0. The smallest absolute Gasteiger partial charge is 0.238 e. The molecule has 3 N–H and O–H groups in total. The predicted octanol–water partition coefficient (Wildman–Crippen LogP) is 2.72. The Labute approximate surface area is 197 Å². The van der Waals surface area contributed by atoms with E-state index in [9.17, 15) is 14.4 Å². The molecule has 1 saturated heterocycles. The van der Waals surface area contributed by atoms with Gasteiger partial charge in [-0.2, -0.15) is 0 Å². The van der Waals surface area contributed by atoms with Crippen LogP contribution < -0.4 is 15.8 Å². The summed E-state index contributed by atoms with van der Waals surface area (Å²) in [6.45, 7) is 2.31. The minimum Gasteiger partial charge on any atom is -0.468 e. The highest BCUT2D eigenvalue weighted by Gasteiger charge is 2.55. The maximum atomic E-state index is 13.3. The average Bonchev–Trinajstić information content (AvgIpc) is 2.81. The van der Waals surface area contributed by atoms with Gasteiger partial charge in [-0.1, -0.05) is 60.7 Å². The van der Waals surface area contributed by atoms with Crippen molar-refractivity contribution in [1.82, 2.24) is 10.2 Å². The van der Waals surface area contributed by atoms with E-state index < -0.39 is 17.6 Å². The first-order valence-corrected chi connectivity index (χ1v) is 11.5. The Morgan fingerprint density at radius 3 is 2.65 bits per heavy atom. The molecule has 0 aliphatic carbocycles. The lowest BCUT2D eigenvalue weighted by Crippen LogP contribution is -2.65. The van der Waals surface area contributed by atoms with Gasteiger partial charge in [-0.3, -0.25) is 14.4 Å². The van der Waals surface area contributed by atoms with Crippen molar-refractivity contribution >= 4 is 28.5 Å². The number of ether oxygens (including phenoxy) is 1. The van der Waals surface area contributed by atoms with E-state index in [1.807, 2.05) is 73.7 Å². The SMILES string of the molecule is C[C@@]12C[C@@H](c3ccccc3O1)[C@@H](C(N)=O)C(=O)N2CCNC(=O)Cc1cccc2ccccc12. The number of nitrogens with zero attached hydrogens (tertiary/aromatic N) is 1. The molecule has 174 valence electrons. The van der Waals surface area contributed by atoms with Crippen LogP contribution in [0.4, 0.5) is 0 Å². The number of para-hydroxylation sites is 1. The Bertz CT molecular complexity index is 1280. The van der Waals surface area contributed by atoms with Crippen molar-refractivity contribution in [2.45, 2.75) is 31.4 Å². The van der Waals surface area contributed by atoms with E-state index in [0.29, 0.717) is 12.2 Å². The lowest BCUT2D eigenvalue weighted by Gasteiger charge is -2.52. The summed E-state index contributed by atoms with van der Waals surface area (Å²) >= 11 is 0. The molecular formula is C27H27N3O4. The second-order valence-electron chi connectivity index (χ2n) is 9.16. The Balaban J connectivity index is 1.30. The van der Waals surface area contributed by atoms with Crippen molar-refractivity contribution in [3.8, 4) is 5.75 Å². The van der Waals surface area contributed by atoms with Crippen LogP contribution in [0.5, 0.6) is 5.75 Å². The molecule has 3 aromatic rings. The number of nitrogens with one attached hydrogen (secondary N) is 1. The highest BCUT2D eigenvalue weighted by Crippen LogP contribution is 2.49. The largest absolute Gasteiger partial charge is 0.468 e. The predicted molar refractivity (Wildman–Crippen MR) is 128 cm³/mol. The quantitative estimate of drug-likeness (QED) is 0.556. The van der Waals surface area contributed by atoms with Gasteiger partial charge in [0.15, 0.2) is 5.72 Å². The second-order valence-corrected chi connectivity index (χ2v) is 9.16. The van der Waals surface area contributed by atoms with Crippen molar-refractivity contribution in [2.24, 2.45) is 11.7 Å². The third-order valence-corrected chi connectivity index (χ3v) is 6.95. The summed E-state index contributed by atoms with van der Waals surface area (Å²) in [5.41, 5.74) is 6.53. The third kappa shape index (κ3) is 3.77. The topological polar surface area (TPSA) is 102 Å². The summed E-state index contributed by atoms with van der Waals surface area (Å²) in [5, 5.41) is 5.04. The van der Waals surface area contributed by atoms with Gasteiger partial charge in [0, 0.05) is 25.4 Å². The van der Waals surface area contributed by atoms with E-state index >= 15 is 0 Å². The average molecular weight is 458 g/mol. The van der Waals surface area contributed by atoms with Crippen molar-refractivity contribution in [3.05, 3.63) is 77.9 Å². The zero-order chi connectivity index (χ0) is 23.9. The first kappa shape index (κ1) is 21.9. The molecule has 0 aromatic heterocycles. The molecular weight excluding hydrogens is 430 g/mol. The number of primary amides is 1. The number of piperidine rings is 1. The van der Waals surface area contributed by atoms with Gasteiger partial charge in [0.1, 0.15) is 11.7 Å². The highest BCUT2D eigenvalue weighted by atomic mass is 16.5. The molecule has 0 saturated carbocycles. The van der Waals surface area contributed by atoms with Crippen LogP contribution in [0.15, 0.2) is 66.7 Å². The van der Waals surface area contributed by atoms with Crippen LogP contribution in [0.3, 0.4) is 0 Å². The maximum Gasteiger partial charge on any atom is 0.238 e. The first-order chi connectivity index (χ1) is 16.4. The summed E-state index contributed by atoms with van der Waals surface area (Å²) < 4.78 is 6.24. The fourth-order valence-corrected chi connectivity index (χ4v) is 5.37. The number of nitrogens with two attached hydrogens (primary N) is 1. The van der Waals surface area contributed by atoms with Crippen LogP contribution in [-0.4, -0.2) is 41.4 Å². The van der Waals surface area contributed by atoms with Gasteiger partial charge in [-0.15, -0.1) is 0 Å². The van der Waals surface area contributed by atoms with Crippen LogP contribution in [0.25, 0.3) is 10.8 Å². The van der Waals surface area contributed by atoms with E-state index in [1.165, 1.54) is 0 Å². The minimum absolute atomic E-state index is 0.134. The molecule has 2 bridgehead atoms. The molecule has 0 radical (unpaired) electrons. The highest BCUT2D eigenvalue weighted by molar-refractivity contribution is 6.02. The normalized spacial score (nSPS) is 23.2. The Hall–Kier alpha value is -3.87. The van der Waals surface area contributed by atoms with E-state index in [4.69, 9.17) is 10.5 Å². The molecule has 1 fully saturated rings. The third-order valence-electron chi connectivity index (χ3n) is 6.95. The van der Waals surface area contributed by atoms with Crippen molar-refractivity contribution in [2.75, 3.05) is 13.1 Å². The molecule has 0 spiro atoms. The van der Waals surface area contributed by atoms with E-state index in [1.54, 1.807) is 4.90 Å². The number of amides is 3. The number of benzene rings is 3. The molecule has 5 rings (SSSR count). The number of carbonyl (C=O) groups excluding carboxylic acids is 3. The number of hydrogen-bond donors (Lipinski definition) is 2. The monoisotopic (exact) mass is 457 g/mol. The van der Waals surface area contributed by atoms with E-state index in [0.717, 1.165) is 21.9 Å². The molecule has 2 aliphatic rings. The molecule has 2 aliphatic heterocycles. The van der Waals surface area contributed by atoms with Gasteiger partial charge in [0.05, 0.1) is 6.42 Å². The first-order valence-electron chi connectivity index (χ1n) is 11.5. The van der Waals surface area contributed by atoms with Crippen LogP contribution in [0, 0.1) is 5.92 Å². The molecule has 3 aromatic carbocycles. The molecule has 7 nitrogen and oxygen atoms in total. The molecule has 34 heavy (non-hydrogen) atoms. The molecule has 3 amide bonds. The summed E-state index contributed by atoms with van der Waals surface area (Å²) in [4.78, 5) is 39.9. The van der Waals surface area contributed by atoms with Gasteiger partial charge in [0.25, 0.3) is 0 Å². The Kier molecular flexibility index (Phi) is 5.48. The van der Waals surface area contributed by atoms with E-state index in [-0.39, 0.29) is 37.2 Å². The number of rotatable bonds is 6. The summed E-state index contributed by atoms with van der Waals surface area (Å²) in [6.07, 6.45) is 0.704. The minimum atomic E-state index is -0.954. The zero-order valence-electron chi connectivity index (χ0n) is 19.0. The van der Waals surface area contributed by atoms with Crippen LogP contribution in [0.2, 0.25) is 0 Å². The zero-order valence-corrected chi connectivity index (χ0v) is 19.0. The lowest BCUT2D eigenvalue weighted by molar-refractivity contribution is -0.175. The molecule has 3 atom stereocenters. The van der Waals surface area contributed by atoms with Crippen LogP contribution in [-0.2, 0) is 20.8 Å². The number of likely N-dealkylation sites (tertiary alicyclic amines) is 1.